The molecule has 0 fully saturated rings. The molecule has 4 N–H and O–H groups in total. The van der Waals surface area contributed by atoms with Crippen molar-refractivity contribution in [3.05, 3.63) is 52.7 Å². The number of nitrogens with one attached hydrogen (secondary N) is 2. The lowest BCUT2D eigenvalue weighted by Gasteiger charge is -2.29. The second kappa shape index (κ2) is 6.49. The number of aromatic nitrogens is 1. The maximum Gasteiger partial charge on any atom is 0.322 e. The van der Waals surface area contributed by atoms with E-state index in [9.17, 15) is 9.59 Å². The van der Waals surface area contributed by atoms with Crippen LogP contribution in [0, 0.1) is 5.41 Å². The molecule has 1 aliphatic heterocycles. The zero-order valence-electron chi connectivity index (χ0n) is 13.0. The Bertz CT molecular complexity index is 819. The summed E-state index contributed by atoms with van der Waals surface area (Å²) in [5.74, 6) is 0.340. The van der Waals surface area contributed by atoms with Gasteiger partial charge in [0.05, 0.1) is 0 Å². The van der Waals surface area contributed by atoms with Gasteiger partial charge in [-0.3, -0.25) is 4.79 Å². The molecule has 2 aromatic rings. The van der Waals surface area contributed by atoms with E-state index in [0.717, 1.165) is 17.4 Å². The molecule has 0 bridgehead atoms. The summed E-state index contributed by atoms with van der Waals surface area (Å²) in [6, 6.07) is 6.51. The Morgan fingerprint density at radius 3 is 3.00 bits per heavy atom. The SMILES string of the molecule is N=Cc1c(N)ncc2c1CCN(C(=O)Nc1cccc(C=O)c1)C2. The maximum atomic E-state index is 12.4. The van der Waals surface area contributed by atoms with Crippen LogP contribution in [-0.2, 0) is 13.0 Å². The number of hydrogen-bond acceptors (Lipinski definition) is 5. The van der Waals surface area contributed by atoms with E-state index in [4.69, 9.17) is 11.1 Å². The van der Waals surface area contributed by atoms with Crippen molar-refractivity contribution in [1.82, 2.24) is 9.88 Å². The highest BCUT2D eigenvalue weighted by atomic mass is 16.2. The summed E-state index contributed by atoms with van der Waals surface area (Å²) in [5.41, 5.74) is 9.38. The van der Waals surface area contributed by atoms with Gasteiger partial charge in [-0.15, -0.1) is 0 Å². The highest BCUT2D eigenvalue weighted by molar-refractivity contribution is 5.91. The van der Waals surface area contributed by atoms with E-state index in [1.165, 1.54) is 6.21 Å². The highest BCUT2D eigenvalue weighted by Gasteiger charge is 2.23. The van der Waals surface area contributed by atoms with Gasteiger partial charge in [0.2, 0.25) is 0 Å². The van der Waals surface area contributed by atoms with Crippen molar-refractivity contribution in [2.75, 3.05) is 17.6 Å². The lowest BCUT2D eigenvalue weighted by molar-refractivity contribution is 0.112. The normalized spacial score (nSPS) is 13.1. The predicted octanol–water partition coefficient (Wildman–Crippen LogP) is 2.06. The molecule has 3 rings (SSSR count). The number of rotatable bonds is 3. The van der Waals surface area contributed by atoms with Crippen LogP contribution in [0.2, 0.25) is 0 Å². The quantitative estimate of drug-likeness (QED) is 0.593. The van der Waals surface area contributed by atoms with Gasteiger partial charge in [-0.2, -0.15) is 0 Å². The van der Waals surface area contributed by atoms with Gasteiger partial charge in [-0.1, -0.05) is 12.1 Å². The number of carbonyl (C=O) groups is 2. The van der Waals surface area contributed by atoms with Crippen LogP contribution in [0.15, 0.2) is 30.5 Å². The summed E-state index contributed by atoms with van der Waals surface area (Å²) in [6.07, 6.45) is 4.22. The topological polar surface area (TPSA) is 112 Å². The van der Waals surface area contributed by atoms with E-state index < -0.39 is 0 Å². The average molecular weight is 323 g/mol. The molecule has 2 heterocycles. The number of anilines is 2. The third-order valence-corrected chi connectivity index (χ3v) is 4.05. The fraction of sp³-hybridized carbons (Fsp3) is 0.176. The maximum absolute atomic E-state index is 12.4. The molecule has 7 heteroatoms. The van der Waals surface area contributed by atoms with Crippen LogP contribution in [0.25, 0.3) is 0 Å². The van der Waals surface area contributed by atoms with Gasteiger partial charge < -0.3 is 21.4 Å². The van der Waals surface area contributed by atoms with Gasteiger partial charge in [0, 0.05) is 42.3 Å². The molecule has 0 atom stereocenters. The molecule has 0 saturated heterocycles. The zero-order valence-corrected chi connectivity index (χ0v) is 13.0. The van der Waals surface area contributed by atoms with Crippen molar-refractivity contribution < 1.29 is 9.59 Å². The van der Waals surface area contributed by atoms with Crippen LogP contribution in [0.5, 0.6) is 0 Å². The Labute approximate surface area is 139 Å². The largest absolute Gasteiger partial charge is 0.383 e. The molecule has 0 unspecified atom stereocenters. The van der Waals surface area contributed by atoms with Gasteiger partial charge in [-0.25, -0.2) is 9.78 Å². The number of nitrogens with zero attached hydrogens (tertiary/aromatic N) is 2. The minimum Gasteiger partial charge on any atom is -0.383 e. The number of hydrogen-bond donors (Lipinski definition) is 3. The minimum absolute atomic E-state index is 0.239. The molecule has 24 heavy (non-hydrogen) atoms. The van der Waals surface area contributed by atoms with Gasteiger partial charge in [-0.05, 0) is 29.7 Å². The van der Waals surface area contributed by atoms with E-state index in [1.807, 2.05) is 0 Å². The van der Waals surface area contributed by atoms with Gasteiger partial charge >= 0.3 is 6.03 Å². The van der Waals surface area contributed by atoms with E-state index in [0.29, 0.717) is 42.1 Å². The Morgan fingerprint density at radius 1 is 1.42 bits per heavy atom. The fourth-order valence-electron chi connectivity index (χ4n) is 2.81. The first kappa shape index (κ1) is 15.7. The monoisotopic (exact) mass is 323 g/mol. The molecule has 1 aromatic heterocycles. The summed E-state index contributed by atoms with van der Waals surface area (Å²) >= 11 is 0. The van der Waals surface area contributed by atoms with E-state index in [-0.39, 0.29) is 6.03 Å². The van der Waals surface area contributed by atoms with E-state index >= 15 is 0 Å². The smallest absolute Gasteiger partial charge is 0.322 e. The van der Waals surface area contributed by atoms with Gasteiger partial charge in [0.1, 0.15) is 12.1 Å². The van der Waals surface area contributed by atoms with Crippen molar-refractivity contribution in [3.63, 3.8) is 0 Å². The molecule has 0 radical (unpaired) electrons. The molecule has 0 spiro atoms. The van der Waals surface area contributed by atoms with Crippen molar-refractivity contribution in [2.45, 2.75) is 13.0 Å². The molecule has 1 aromatic carbocycles. The van der Waals surface area contributed by atoms with Gasteiger partial charge in [0.15, 0.2) is 0 Å². The first-order valence-electron chi connectivity index (χ1n) is 7.50. The number of pyridine rings is 1. The van der Waals surface area contributed by atoms with Crippen molar-refractivity contribution in [3.8, 4) is 0 Å². The second-order valence-corrected chi connectivity index (χ2v) is 5.55. The summed E-state index contributed by atoms with van der Waals surface area (Å²) in [6.45, 7) is 0.930. The van der Waals surface area contributed by atoms with Crippen molar-refractivity contribution in [2.24, 2.45) is 0 Å². The molecule has 122 valence electrons. The predicted molar refractivity (Wildman–Crippen MR) is 91.5 cm³/mol. The standard InChI is InChI=1S/C17H17N5O2/c18-7-15-14-4-5-22(9-12(14)8-20-16(15)19)17(24)21-13-3-1-2-11(6-13)10-23/h1-3,6-8,10,18H,4-5,9H2,(H2,19,20)(H,21,24). The fourth-order valence-corrected chi connectivity index (χ4v) is 2.81. The van der Waals surface area contributed by atoms with Crippen molar-refractivity contribution in [1.29, 1.82) is 5.41 Å². The Kier molecular flexibility index (Phi) is 4.24. The molecular weight excluding hydrogens is 306 g/mol. The van der Waals surface area contributed by atoms with E-state index in [1.54, 1.807) is 35.4 Å². The number of carbonyl (C=O) groups excluding carboxylic acids is 2. The summed E-state index contributed by atoms with van der Waals surface area (Å²) < 4.78 is 0. The average Bonchev–Trinajstić information content (AvgIpc) is 2.61. The summed E-state index contributed by atoms with van der Waals surface area (Å²) in [4.78, 5) is 29.0. The number of benzene rings is 1. The first-order chi connectivity index (χ1) is 11.6. The Balaban J connectivity index is 1.76. The zero-order chi connectivity index (χ0) is 17.1. The molecule has 0 aliphatic carbocycles. The van der Waals surface area contributed by atoms with Crippen molar-refractivity contribution >= 4 is 30.0 Å². The molecular formula is C17H17N5O2. The number of nitrogens with two attached hydrogens (primary N) is 1. The van der Waals surface area contributed by atoms with Crippen LogP contribution in [0.1, 0.15) is 27.0 Å². The van der Waals surface area contributed by atoms with Crippen LogP contribution < -0.4 is 11.1 Å². The highest BCUT2D eigenvalue weighted by Crippen LogP contribution is 2.24. The summed E-state index contributed by atoms with van der Waals surface area (Å²) in [7, 11) is 0. The molecule has 7 nitrogen and oxygen atoms in total. The van der Waals surface area contributed by atoms with Gasteiger partial charge in [0.25, 0.3) is 0 Å². The molecule has 2 amide bonds. The van der Waals surface area contributed by atoms with Crippen LogP contribution in [0.4, 0.5) is 16.3 Å². The number of urea groups is 1. The Hall–Kier alpha value is -3.22. The third kappa shape index (κ3) is 2.96. The Morgan fingerprint density at radius 2 is 2.25 bits per heavy atom. The van der Waals surface area contributed by atoms with Crippen LogP contribution in [-0.4, -0.2) is 35.0 Å². The number of aldehydes is 1. The van der Waals surface area contributed by atoms with Crippen LogP contribution >= 0.6 is 0 Å². The first-order valence-corrected chi connectivity index (χ1v) is 7.50. The lowest BCUT2D eigenvalue weighted by atomic mass is 9.97. The van der Waals surface area contributed by atoms with Crippen LogP contribution in [0.3, 0.4) is 0 Å². The minimum atomic E-state index is -0.239. The lowest BCUT2D eigenvalue weighted by Crippen LogP contribution is -2.39. The number of nitrogen functional groups attached to an aromatic ring is 1. The number of fused-ring (bicyclic) bond motifs is 1. The molecule has 0 saturated carbocycles. The summed E-state index contributed by atoms with van der Waals surface area (Å²) in [5, 5.41) is 10.3. The second-order valence-electron chi connectivity index (χ2n) is 5.55. The molecule has 1 aliphatic rings. The third-order valence-electron chi connectivity index (χ3n) is 4.05. The number of amides is 2. The van der Waals surface area contributed by atoms with E-state index in [2.05, 4.69) is 10.3 Å².